The average Bonchev–Trinajstić information content (AvgIpc) is 3.73. The Balaban J connectivity index is 0.00000176. The van der Waals surface area contributed by atoms with Gasteiger partial charge in [0.05, 0.1) is 5.69 Å². The van der Waals surface area contributed by atoms with Gasteiger partial charge in [-0.15, -0.1) is 12.8 Å². The number of allylic oxidation sites excluding steroid dienone is 9. The number of hydrogen-bond donors (Lipinski definition) is 1. The summed E-state index contributed by atoms with van der Waals surface area (Å²) < 4.78 is 0. The van der Waals surface area contributed by atoms with Crippen molar-refractivity contribution in [1.29, 1.82) is 0 Å². The molecule has 1 fully saturated rings. The van der Waals surface area contributed by atoms with Crippen molar-refractivity contribution in [3.8, 4) is 12.8 Å². The Morgan fingerprint density at radius 1 is 1.25 bits per heavy atom. The summed E-state index contributed by atoms with van der Waals surface area (Å²) in [5, 5.41) is 3.33. The first-order valence-corrected chi connectivity index (χ1v) is 13.4. The van der Waals surface area contributed by atoms with Crippen LogP contribution in [-0.4, -0.2) is 25.6 Å². The molecule has 36 heavy (non-hydrogen) atoms. The summed E-state index contributed by atoms with van der Waals surface area (Å²) in [6.07, 6.45) is 29.6. The maximum absolute atomic E-state index is 5.33. The molecule has 3 heteroatoms. The number of nitrogens with zero attached hydrogens (tertiary/aromatic N) is 2. The molecule has 0 aliphatic heterocycles. The Bertz CT molecular complexity index is 1110. The molecule has 0 amide bonds. The highest BCUT2D eigenvalue weighted by Crippen LogP contribution is 2.48. The maximum Gasteiger partial charge on any atom is 0.132 e. The molecule has 0 aromatic carbocycles. The number of terminal acetylenes is 1. The van der Waals surface area contributed by atoms with E-state index in [1.54, 1.807) is 0 Å². The lowest BCUT2D eigenvalue weighted by Crippen LogP contribution is -2.22. The van der Waals surface area contributed by atoms with Crippen LogP contribution in [0.3, 0.4) is 0 Å². The summed E-state index contributed by atoms with van der Waals surface area (Å²) in [4.78, 5) is 7.73. The highest BCUT2D eigenvalue weighted by atomic mass is 15.2. The van der Waals surface area contributed by atoms with Crippen molar-refractivity contribution in [3.63, 3.8) is 0 Å². The number of rotatable bonds is 11. The Labute approximate surface area is 219 Å². The van der Waals surface area contributed by atoms with E-state index in [0.717, 1.165) is 44.3 Å². The van der Waals surface area contributed by atoms with Crippen molar-refractivity contribution in [2.24, 2.45) is 0 Å². The van der Waals surface area contributed by atoms with Crippen molar-refractivity contribution in [2.75, 3.05) is 25.5 Å². The smallest absolute Gasteiger partial charge is 0.132 e. The second-order valence-corrected chi connectivity index (χ2v) is 9.87. The first-order chi connectivity index (χ1) is 17.6. The molecule has 0 atom stereocenters. The van der Waals surface area contributed by atoms with Gasteiger partial charge in [0.15, 0.2) is 0 Å². The fourth-order valence-electron chi connectivity index (χ4n) is 5.19. The van der Waals surface area contributed by atoms with Crippen molar-refractivity contribution < 1.29 is 0 Å². The minimum absolute atomic E-state index is 0.649. The van der Waals surface area contributed by atoms with Crippen LogP contribution in [0, 0.1) is 12.8 Å². The first-order valence-electron chi connectivity index (χ1n) is 13.4. The molecule has 1 saturated carbocycles. The second-order valence-electron chi connectivity index (χ2n) is 9.87. The normalized spacial score (nSPS) is 16.9. The first kappa shape index (κ1) is 27.3. The van der Waals surface area contributed by atoms with Crippen LogP contribution in [0.2, 0.25) is 0 Å². The summed E-state index contributed by atoms with van der Waals surface area (Å²) in [5.41, 5.74) is 10.3. The van der Waals surface area contributed by atoms with Crippen LogP contribution < -0.4 is 10.2 Å². The summed E-state index contributed by atoms with van der Waals surface area (Å²) in [6, 6.07) is 2.45. The molecule has 3 aliphatic rings. The third kappa shape index (κ3) is 6.30. The standard InChI is InChI=1S/C31H41N3.C2H2/c1-6-23(7-2)14-12-13-19-34(5)31-27(25-17-18-25)20-28-29(33-31)21-26(30(28)22(3)32-4)24-15-10-8-9-11-16-24;1-2/h6-7,10,15-16,20,25,32H,1,3,8-9,11-14,17-19,21H2,2,4-5H3;1-2H/b23-7-;. The monoisotopic (exact) mass is 481 g/mol. The van der Waals surface area contributed by atoms with Crippen LogP contribution in [0.25, 0.3) is 5.57 Å². The van der Waals surface area contributed by atoms with Crippen LogP contribution in [0.5, 0.6) is 0 Å². The largest absolute Gasteiger partial charge is 0.388 e. The number of pyridine rings is 1. The van der Waals surface area contributed by atoms with E-state index in [1.807, 2.05) is 13.1 Å². The zero-order valence-electron chi connectivity index (χ0n) is 22.6. The molecule has 0 unspecified atom stereocenters. The van der Waals surface area contributed by atoms with Crippen LogP contribution in [-0.2, 0) is 6.42 Å². The Morgan fingerprint density at radius 2 is 2.03 bits per heavy atom. The molecule has 190 valence electrons. The quantitative estimate of drug-likeness (QED) is 0.200. The van der Waals surface area contributed by atoms with Gasteiger partial charge in [-0.1, -0.05) is 49.1 Å². The lowest BCUT2D eigenvalue weighted by molar-refractivity contribution is 0.712. The van der Waals surface area contributed by atoms with Gasteiger partial charge in [-0.2, -0.15) is 0 Å². The SMILES string of the molecule is C#C.C=C/C(=C/C)CCCCN(C)c1nc2c(cc1C1CC1)C(C(=C)NC)=C(C1=CCCCC=C1)C2. The molecule has 3 nitrogen and oxygen atoms in total. The Kier molecular flexibility index (Phi) is 10.00. The van der Waals surface area contributed by atoms with Gasteiger partial charge in [-0.25, -0.2) is 4.98 Å². The summed E-state index contributed by atoms with van der Waals surface area (Å²) in [5.74, 6) is 1.84. The highest BCUT2D eigenvalue weighted by Gasteiger charge is 2.33. The maximum atomic E-state index is 5.33. The van der Waals surface area contributed by atoms with Crippen LogP contribution in [0.4, 0.5) is 5.82 Å². The number of fused-ring (bicyclic) bond motifs is 1. The molecule has 1 heterocycles. The summed E-state index contributed by atoms with van der Waals surface area (Å²) in [7, 11) is 4.20. The highest BCUT2D eigenvalue weighted by molar-refractivity contribution is 5.89. The lowest BCUT2D eigenvalue weighted by atomic mass is 9.96. The number of aromatic nitrogens is 1. The topological polar surface area (TPSA) is 28.2 Å². The van der Waals surface area contributed by atoms with Gasteiger partial charge in [0.2, 0.25) is 0 Å². The number of nitrogens with one attached hydrogen (secondary N) is 1. The van der Waals surface area contributed by atoms with E-state index >= 15 is 0 Å². The number of likely N-dealkylation sites (N-methyl/N-ethyl adjacent to an activating group) is 1. The average molecular weight is 482 g/mol. The van der Waals surface area contributed by atoms with Gasteiger partial charge in [-0.3, -0.25) is 0 Å². The predicted octanol–water partition coefficient (Wildman–Crippen LogP) is 7.66. The fourth-order valence-corrected chi connectivity index (χ4v) is 5.19. The van der Waals surface area contributed by atoms with E-state index in [-0.39, 0.29) is 0 Å². The predicted molar refractivity (Wildman–Crippen MR) is 157 cm³/mol. The van der Waals surface area contributed by atoms with Gasteiger partial charge < -0.3 is 10.2 Å². The molecular weight excluding hydrogens is 438 g/mol. The van der Waals surface area contributed by atoms with Crippen LogP contribution in [0.15, 0.2) is 72.0 Å². The summed E-state index contributed by atoms with van der Waals surface area (Å²) >= 11 is 0. The van der Waals surface area contributed by atoms with Gasteiger partial charge in [0.1, 0.15) is 5.82 Å². The molecule has 1 aromatic rings. The van der Waals surface area contributed by atoms with Crippen molar-refractivity contribution >= 4 is 11.4 Å². The van der Waals surface area contributed by atoms with Crippen molar-refractivity contribution in [2.45, 2.75) is 70.6 Å². The van der Waals surface area contributed by atoms with Gasteiger partial charge in [0, 0.05) is 43.9 Å². The number of hydrogen-bond acceptors (Lipinski definition) is 3. The molecule has 1 N–H and O–H groups in total. The molecule has 4 rings (SSSR count). The van der Waals surface area contributed by atoms with Crippen LogP contribution in [0.1, 0.15) is 81.0 Å². The minimum Gasteiger partial charge on any atom is -0.388 e. The Hall–Kier alpha value is -3.25. The zero-order chi connectivity index (χ0) is 26.1. The van der Waals surface area contributed by atoms with Crippen molar-refractivity contribution in [1.82, 2.24) is 10.3 Å². The van der Waals surface area contributed by atoms with Gasteiger partial charge in [-0.05, 0) is 87.0 Å². The number of anilines is 1. The third-order valence-electron chi connectivity index (χ3n) is 7.43. The lowest BCUT2D eigenvalue weighted by Gasteiger charge is -2.23. The molecule has 1 aromatic heterocycles. The third-order valence-corrected chi connectivity index (χ3v) is 7.43. The van der Waals surface area contributed by atoms with Gasteiger partial charge in [0.25, 0.3) is 0 Å². The van der Waals surface area contributed by atoms with E-state index in [1.165, 1.54) is 70.6 Å². The number of unbranched alkanes of at least 4 members (excludes halogenated alkanes) is 1. The Morgan fingerprint density at radius 3 is 2.69 bits per heavy atom. The van der Waals surface area contributed by atoms with E-state index in [2.05, 4.69) is 80.6 Å². The van der Waals surface area contributed by atoms with Crippen molar-refractivity contribution in [3.05, 3.63) is 88.8 Å². The zero-order valence-corrected chi connectivity index (χ0v) is 22.6. The molecular formula is C33H43N3. The molecule has 3 aliphatic carbocycles. The van der Waals surface area contributed by atoms with Crippen LogP contribution >= 0.6 is 0 Å². The molecule has 0 saturated heterocycles. The van der Waals surface area contributed by atoms with E-state index in [0.29, 0.717) is 5.92 Å². The second kappa shape index (κ2) is 13.2. The van der Waals surface area contributed by atoms with E-state index in [4.69, 9.17) is 4.98 Å². The van der Waals surface area contributed by atoms with E-state index in [9.17, 15) is 0 Å². The van der Waals surface area contributed by atoms with Gasteiger partial charge >= 0.3 is 0 Å². The minimum atomic E-state index is 0.649. The fraction of sp³-hybridized carbons (Fsp3) is 0.424. The molecule has 0 radical (unpaired) electrons. The molecule has 0 spiro atoms. The van der Waals surface area contributed by atoms with E-state index < -0.39 is 0 Å². The summed E-state index contributed by atoms with van der Waals surface area (Å²) in [6.45, 7) is 11.4. The molecule has 0 bridgehead atoms.